The number of hydrogen-bond acceptors (Lipinski definition) is 1. The molecule has 14 heavy (non-hydrogen) atoms. The minimum Gasteiger partial charge on any atom is -0.327 e. The minimum absolute atomic E-state index is 0.161. The Morgan fingerprint density at radius 1 is 1.50 bits per heavy atom. The van der Waals surface area contributed by atoms with Crippen molar-refractivity contribution in [3.8, 4) is 0 Å². The van der Waals surface area contributed by atoms with Crippen molar-refractivity contribution in [2.75, 3.05) is 6.54 Å². The Hall–Kier alpha value is -1.15. The van der Waals surface area contributed by atoms with Crippen LogP contribution >= 0.6 is 0 Å². The molecule has 0 aromatic heterocycles. The van der Waals surface area contributed by atoms with Crippen molar-refractivity contribution < 1.29 is 4.39 Å². The summed E-state index contributed by atoms with van der Waals surface area (Å²) in [6, 6.07) is 5.23. The van der Waals surface area contributed by atoms with E-state index in [2.05, 4.69) is 0 Å². The molecule has 0 bridgehead atoms. The number of rotatable bonds is 3. The molecule has 0 fully saturated rings. The highest BCUT2D eigenvalue weighted by molar-refractivity contribution is 5.53. The zero-order valence-electron chi connectivity index (χ0n) is 8.68. The first-order valence-corrected chi connectivity index (χ1v) is 4.83. The molecule has 0 unspecified atom stereocenters. The van der Waals surface area contributed by atoms with Crippen LogP contribution in [0.5, 0.6) is 0 Å². The van der Waals surface area contributed by atoms with Crippen LogP contribution in [0.15, 0.2) is 23.8 Å². The Morgan fingerprint density at radius 3 is 2.71 bits per heavy atom. The summed E-state index contributed by atoms with van der Waals surface area (Å²) >= 11 is 0. The fourth-order valence-electron chi connectivity index (χ4n) is 1.24. The second kappa shape index (κ2) is 4.91. The lowest BCUT2D eigenvalue weighted by Gasteiger charge is -2.02. The summed E-state index contributed by atoms with van der Waals surface area (Å²) in [5.41, 5.74) is 8.23. The molecule has 1 rings (SSSR count). The molecule has 1 nitrogen and oxygen atoms in total. The quantitative estimate of drug-likeness (QED) is 0.784. The van der Waals surface area contributed by atoms with Crippen LogP contribution in [0, 0.1) is 12.7 Å². The zero-order valence-corrected chi connectivity index (χ0v) is 8.68. The van der Waals surface area contributed by atoms with Gasteiger partial charge in [-0.15, -0.1) is 0 Å². The Balaban J connectivity index is 2.97. The number of benzene rings is 1. The van der Waals surface area contributed by atoms with E-state index in [0.29, 0.717) is 12.1 Å². The maximum Gasteiger partial charge on any atom is 0.126 e. The van der Waals surface area contributed by atoms with Crippen LogP contribution in [0.2, 0.25) is 0 Å². The largest absolute Gasteiger partial charge is 0.327 e. The van der Waals surface area contributed by atoms with Gasteiger partial charge < -0.3 is 5.73 Å². The van der Waals surface area contributed by atoms with Gasteiger partial charge in [-0.1, -0.05) is 30.7 Å². The molecule has 0 aliphatic heterocycles. The normalized spacial score (nSPS) is 11.9. The first-order valence-electron chi connectivity index (χ1n) is 4.83. The van der Waals surface area contributed by atoms with Crippen molar-refractivity contribution in [2.24, 2.45) is 5.73 Å². The molecule has 0 aliphatic carbocycles. The van der Waals surface area contributed by atoms with Crippen LogP contribution in [0.1, 0.15) is 24.5 Å². The second-order valence-electron chi connectivity index (χ2n) is 3.37. The monoisotopic (exact) mass is 193 g/mol. The number of aryl methyl sites for hydroxylation is 1. The zero-order chi connectivity index (χ0) is 10.6. The first-order chi connectivity index (χ1) is 6.67. The van der Waals surface area contributed by atoms with Gasteiger partial charge in [0.25, 0.3) is 0 Å². The van der Waals surface area contributed by atoms with Gasteiger partial charge in [-0.05, 0) is 30.5 Å². The SMILES string of the molecule is CCC(=Cc1ccc(C)c(F)c1)CN. The Morgan fingerprint density at radius 2 is 2.21 bits per heavy atom. The molecule has 1 aromatic rings. The Kier molecular flexibility index (Phi) is 3.84. The second-order valence-corrected chi connectivity index (χ2v) is 3.37. The number of halogens is 1. The van der Waals surface area contributed by atoms with Crippen LogP contribution in [-0.2, 0) is 0 Å². The highest BCUT2D eigenvalue weighted by atomic mass is 19.1. The van der Waals surface area contributed by atoms with Gasteiger partial charge in [0.05, 0.1) is 0 Å². The lowest BCUT2D eigenvalue weighted by atomic mass is 10.1. The standard InChI is InChI=1S/C12H16FN/c1-3-10(8-14)6-11-5-4-9(2)12(13)7-11/h4-7H,3,8,14H2,1-2H3. The van der Waals surface area contributed by atoms with Crippen LogP contribution in [-0.4, -0.2) is 6.54 Å². The van der Waals surface area contributed by atoms with Gasteiger partial charge in [-0.2, -0.15) is 0 Å². The van der Waals surface area contributed by atoms with Gasteiger partial charge in [-0.3, -0.25) is 0 Å². The maximum atomic E-state index is 13.2. The highest BCUT2D eigenvalue weighted by Crippen LogP contribution is 2.13. The summed E-state index contributed by atoms with van der Waals surface area (Å²) in [5.74, 6) is -0.161. The predicted molar refractivity (Wildman–Crippen MR) is 58.5 cm³/mol. The third-order valence-corrected chi connectivity index (χ3v) is 2.28. The summed E-state index contributed by atoms with van der Waals surface area (Å²) in [6.07, 6.45) is 2.86. The third kappa shape index (κ3) is 2.67. The molecule has 76 valence electrons. The molecule has 2 heteroatoms. The smallest absolute Gasteiger partial charge is 0.126 e. The fourth-order valence-corrected chi connectivity index (χ4v) is 1.24. The molecular formula is C12H16FN. The molecule has 2 N–H and O–H groups in total. The predicted octanol–water partition coefficient (Wildman–Crippen LogP) is 2.89. The summed E-state index contributed by atoms with van der Waals surface area (Å²) in [4.78, 5) is 0. The lowest BCUT2D eigenvalue weighted by molar-refractivity contribution is 0.618. The average molecular weight is 193 g/mol. The van der Waals surface area contributed by atoms with E-state index in [1.807, 2.05) is 19.1 Å². The van der Waals surface area contributed by atoms with Gasteiger partial charge in [-0.25, -0.2) is 4.39 Å². The van der Waals surface area contributed by atoms with Gasteiger partial charge in [0.1, 0.15) is 5.82 Å². The van der Waals surface area contributed by atoms with Gasteiger partial charge >= 0.3 is 0 Å². The van der Waals surface area contributed by atoms with Crippen molar-refractivity contribution >= 4 is 6.08 Å². The van der Waals surface area contributed by atoms with Crippen molar-refractivity contribution in [1.82, 2.24) is 0 Å². The molecule has 0 amide bonds. The van der Waals surface area contributed by atoms with Crippen LogP contribution in [0.3, 0.4) is 0 Å². The molecule has 0 spiro atoms. The summed E-state index contributed by atoms with van der Waals surface area (Å²) in [5, 5.41) is 0. The Bertz CT molecular complexity index is 336. The van der Waals surface area contributed by atoms with E-state index in [1.54, 1.807) is 19.1 Å². The molecule has 0 saturated heterocycles. The first kappa shape index (κ1) is 10.9. The average Bonchev–Trinajstić information content (AvgIpc) is 2.19. The van der Waals surface area contributed by atoms with Gasteiger partial charge in [0.15, 0.2) is 0 Å². The topological polar surface area (TPSA) is 26.0 Å². The van der Waals surface area contributed by atoms with Crippen molar-refractivity contribution in [2.45, 2.75) is 20.3 Å². The van der Waals surface area contributed by atoms with Gasteiger partial charge in [0, 0.05) is 6.54 Å². The van der Waals surface area contributed by atoms with Crippen molar-refractivity contribution in [1.29, 1.82) is 0 Å². The molecule has 1 aromatic carbocycles. The van der Waals surface area contributed by atoms with Crippen LogP contribution < -0.4 is 5.73 Å². The van der Waals surface area contributed by atoms with Crippen LogP contribution in [0.25, 0.3) is 6.08 Å². The highest BCUT2D eigenvalue weighted by Gasteiger charge is 1.98. The molecule has 0 atom stereocenters. The van der Waals surface area contributed by atoms with E-state index in [9.17, 15) is 4.39 Å². The molecule has 0 aliphatic rings. The molecule has 0 radical (unpaired) electrons. The number of hydrogen-bond donors (Lipinski definition) is 1. The minimum atomic E-state index is -0.161. The maximum absolute atomic E-state index is 13.2. The number of nitrogens with two attached hydrogens (primary N) is 1. The van der Waals surface area contributed by atoms with E-state index in [1.165, 1.54) is 0 Å². The summed E-state index contributed by atoms with van der Waals surface area (Å²) < 4.78 is 13.2. The van der Waals surface area contributed by atoms with E-state index in [0.717, 1.165) is 17.6 Å². The van der Waals surface area contributed by atoms with Gasteiger partial charge in [0.2, 0.25) is 0 Å². The van der Waals surface area contributed by atoms with E-state index in [-0.39, 0.29) is 5.82 Å². The summed E-state index contributed by atoms with van der Waals surface area (Å²) in [6.45, 7) is 4.34. The van der Waals surface area contributed by atoms with E-state index in [4.69, 9.17) is 5.73 Å². The van der Waals surface area contributed by atoms with Crippen molar-refractivity contribution in [3.05, 3.63) is 40.7 Å². The van der Waals surface area contributed by atoms with E-state index >= 15 is 0 Å². The third-order valence-electron chi connectivity index (χ3n) is 2.28. The van der Waals surface area contributed by atoms with Crippen LogP contribution in [0.4, 0.5) is 4.39 Å². The van der Waals surface area contributed by atoms with E-state index < -0.39 is 0 Å². The molecule has 0 heterocycles. The molecule has 0 saturated carbocycles. The lowest BCUT2D eigenvalue weighted by Crippen LogP contribution is -2.01. The van der Waals surface area contributed by atoms with Crippen molar-refractivity contribution in [3.63, 3.8) is 0 Å². The molecular weight excluding hydrogens is 177 g/mol. The Labute approximate surface area is 84.4 Å². The fraction of sp³-hybridized carbons (Fsp3) is 0.333. The summed E-state index contributed by atoms with van der Waals surface area (Å²) in [7, 11) is 0.